The zero-order valence-electron chi connectivity index (χ0n) is 14.6. The van der Waals surface area contributed by atoms with Crippen LogP contribution in [0.1, 0.15) is 45.1 Å². The molecule has 1 aromatic rings. The summed E-state index contributed by atoms with van der Waals surface area (Å²) in [6.07, 6.45) is 7.38. The lowest BCUT2D eigenvalue weighted by atomic mass is 9.87. The summed E-state index contributed by atoms with van der Waals surface area (Å²) in [5, 5.41) is 3.01. The molecule has 1 amide bonds. The van der Waals surface area contributed by atoms with Crippen LogP contribution in [0.4, 0.5) is 8.78 Å². The number of carbonyl (C=O) groups is 1. The van der Waals surface area contributed by atoms with Gasteiger partial charge in [-0.3, -0.25) is 4.79 Å². The first-order chi connectivity index (χ1) is 12.0. The van der Waals surface area contributed by atoms with Gasteiger partial charge in [0.2, 0.25) is 5.91 Å². The Balaban J connectivity index is 1.97. The molecule has 138 valence electrons. The summed E-state index contributed by atoms with van der Waals surface area (Å²) in [5.74, 6) is 0.793. The van der Waals surface area contributed by atoms with Gasteiger partial charge in [-0.1, -0.05) is 13.0 Å². The second-order valence-corrected chi connectivity index (χ2v) is 6.32. The fourth-order valence-corrected chi connectivity index (χ4v) is 2.92. The highest BCUT2D eigenvalue weighted by Gasteiger charge is 2.18. The summed E-state index contributed by atoms with van der Waals surface area (Å²) >= 11 is 0. The molecule has 25 heavy (non-hydrogen) atoms. The van der Waals surface area contributed by atoms with Crippen molar-refractivity contribution >= 4 is 12.0 Å². The molecule has 0 aromatic heterocycles. The molecule has 0 atom stereocenters. The molecule has 0 saturated heterocycles. The Kier molecular flexibility index (Phi) is 7.22. The SMILES string of the molecule is CCOc1cc(/C=C/C(=O)NC2CCC(C)CC2)ccc1OC(F)F. The third-order valence-corrected chi connectivity index (χ3v) is 4.27. The van der Waals surface area contributed by atoms with E-state index in [1.54, 1.807) is 25.1 Å². The molecule has 0 spiro atoms. The van der Waals surface area contributed by atoms with Gasteiger partial charge in [0.25, 0.3) is 0 Å². The summed E-state index contributed by atoms with van der Waals surface area (Å²) in [6, 6.07) is 4.82. The van der Waals surface area contributed by atoms with Crippen LogP contribution >= 0.6 is 0 Å². The van der Waals surface area contributed by atoms with Crippen LogP contribution in [-0.2, 0) is 4.79 Å². The molecule has 0 heterocycles. The van der Waals surface area contributed by atoms with E-state index in [4.69, 9.17) is 4.74 Å². The van der Waals surface area contributed by atoms with Crippen LogP contribution in [0.5, 0.6) is 11.5 Å². The van der Waals surface area contributed by atoms with E-state index in [9.17, 15) is 13.6 Å². The summed E-state index contributed by atoms with van der Waals surface area (Å²) in [5.41, 5.74) is 0.678. The minimum atomic E-state index is -2.91. The van der Waals surface area contributed by atoms with Crippen LogP contribution in [0.2, 0.25) is 0 Å². The number of ether oxygens (including phenoxy) is 2. The number of alkyl halides is 2. The number of halogens is 2. The molecule has 6 heteroatoms. The lowest BCUT2D eigenvalue weighted by molar-refractivity contribution is -0.117. The first kappa shape index (κ1) is 19.2. The van der Waals surface area contributed by atoms with Crippen molar-refractivity contribution in [2.75, 3.05) is 6.61 Å². The zero-order valence-corrected chi connectivity index (χ0v) is 14.6. The van der Waals surface area contributed by atoms with Crippen LogP contribution in [0.15, 0.2) is 24.3 Å². The van der Waals surface area contributed by atoms with E-state index < -0.39 is 6.61 Å². The van der Waals surface area contributed by atoms with E-state index >= 15 is 0 Å². The first-order valence-electron chi connectivity index (χ1n) is 8.68. The van der Waals surface area contributed by atoms with Crippen molar-refractivity contribution < 1.29 is 23.0 Å². The van der Waals surface area contributed by atoms with Crippen molar-refractivity contribution in [1.82, 2.24) is 5.32 Å². The Bertz CT molecular complexity index is 596. The Morgan fingerprint density at radius 3 is 2.64 bits per heavy atom. The van der Waals surface area contributed by atoms with Gasteiger partial charge in [0.15, 0.2) is 11.5 Å². The van der Waals surface area contributed by atoms with Gasteiger partial charge in [-0.05, 0) is 62.3 Å². The summed E-state index contributed by atoms with van der Waals surface area (Å²) in [6.45, 7) is 1.40. The third-order valence-electron chi connectivity index (χ3n) is 4.27. The van der Waals surface area contributed by atoms with Crippen molar-refractivity contribution in [2.24, 2.45) is 5.92 Å². The van der Waals surface area contributed by atoms with Gasteiger partial charge in [-0.15, -0.1) is 0 Å². The molecule has 0 unspecified atom stereocenters. The highest BCUT2D eigenvalue weighted by Crippen LogP contribution is 2.30. The molecular weight excluding hydrogens is 328 g/mol. The van der Waals surface area contributed by atoms with Crippen molar-refractivity contribution in [3.8, 4) is 11.5 Å². The van der Waals surface area contributed by atoms with Crippen LogP contribution < -0.4 is 14.8 Å². The second-order valence-electron chi connectivity index (χ2n) is 6.32. The zero-order chi connectivity index (χ0) is 18.2. The fourth-order valence-electron chi connectivity index (χ4n) is 2.92. The van der Waals surface area contributed by atoms with E-state index in [1.807, 2.05) is 0 Å². The largest absolute Gasteiger partial charge is 0.490 e. The maximum Gasteiger partial charge on any atom is 0.387 e. The molecule has 1 N–H and O–H groups in total. The second kappa shape index (κ2) is 9.39. The third kappa shape index (κ3) is 6.36. The molecule has 1 aromatic carbocycles. The quantitative estimate of drug-likeness (QED) is 0.740. The fraction of sp³-hybridized carbons (Fsp3) is 0.526. The maximum atomic E-state index is 12.4. The predicted octanol–water partition coefficient (Wildman–Crippen LogP) is 4.39. The Morgan fingerprint density at radius 2 is 2.00 bits per heavy atom. The van der Waals surface area contributed by atoms with Gasteiger partial charge in [0.1, 0.15) is 0 Å². The van der Waals surface area contributed by atoms with Crippen molar-refractivity contribution in [3.05, 3.63) is 29.8 Å². The van der Waals surface area contributed by atoms with Crippen LogP contribution in [-0.4, -0.2) is 25.2 Å². The number of carbonyl (C=O) groups excluding carboxylic acids is 1. The molecule has 1 aliphatic rings. The summed E-state index contributed by atoms with van der Waals surface area (Å²) in [7, 11) is 0. The van der Waals surface area contributed by atoms with Crippen molar-refractivity contribution in [3.63, 3.8) is 0 Å². The number of hydrogen-bond acceptors (Lipinski definition) is 3. The van der Waals surface area contributed by atoms with Gasteiger partial charge in [-0.25, -0.2) is 0 Å². The number of hydrogen-bond donors (Lipinski definition) is 1. The van der Waals surface area contributed by atoms with Gasteiger partial charge >= 0.3 is 6.61 Å². The Morgan fingerprint density at radius 1 is 1.28 bits per heavy atom. The lowest BCUT2D eigenvalue weighted by Gasteiger charge is -2.26. The van der Waals surface area contributed by atoms with Gasteiger partial charge in [-0.2, -0.15) is 8.78 Å². The number of benzene rings is 1. The molecule has 0 aliphatic heterocycles. The standard InChI is InChI=1S/C19H25F2NO3/c1-3-24-17-12-14(6-10-16(17)25-19(20)21)7-11-18(23)22-15-8-4-13(2)5-9-15/h6-7,10-13,15,19H,3-5,8-9H2,1-2H3,(H,22,23)/b11-7+. The Hall–Kier alpha value is -2.11. The van der Waals surface area contributed by atoms with E-state index in [-0.39, 0.29) is 23.4 Å². The topological polar surface area (TPSA) is 47.6 Å². The molecular formula is C19H25F2NO3. The smallest absolute Gasteiger partial charge is 0.387 e. The van der Waals surface area contributed by atoms with Crippen LogP contribution in [0.25, 0.3) is 6.08 Å². The predicted molar refractivity (Wildman–Crippen MR) is 92.8 cm³/mol. The average molecular weight is 353 g/mol. The summed E-state index contributed by atoms with van der Waals surface area (Å²) < 4.78 is 34.5. The molecule has 0 bridgehead atoms. The first-order valence-corrected chi connectivity index (χ1v) is 8.68. The van der Waals surface area contributed by atoms with Crippen molar-refractivity contribution in [1.29, 1.82) is 0 Å². The highest BCUT2D eigenvalue weighted by molar-refractivity contribution is 5.92. The summed E-state index contributed by atoms with van der Waals surface area (Å²) in [4.78, 5) is 12.0. The van der Waals surface area contributed by atoms with E-state index in [1.165, 1.54) is 12.1 Å². The van der Waals surface area contributed by atoms with Gasteiger partial charge in [0, 0.05) is 12.1 Å². The van der Waals surface area contributed by atoms with Gasteiger partial charge in [0.05, 0.1) is 6.61 Å². The van der Waals surface area contributed by atoms with Crippen LogP contribution in [0, 0.1) is 5.92 Å². The van der Waals surface area contributed by atoms with E-state index in [0.29, 0.717) is 12.2 Å². The average Bonchev–Trinajstić information content (AvgIpc) is 2.57. The van der Waals surface area contributed by atoms with Crippen LogP contribution in [0.3, 0.4) is 0 Å². The number of rotatable bonds is 7. The molecule has 1 saturated carbocycles. The van der Waals surface area contributed by atoms with E-state index in [0.717, 1.165) is 31.6 Å². The minimum Gasteiger partial charge on any atom is -0.490 e. The highest BCUT2D eigenvalue weighted by atomic mass is 19.3. The normalized spacial score (nSPS) is 20.7. The maximum absolute atomic E-state index is 12.4. The number of amides is 1. The molecule has 2 rings (SSSR count). The monoisotopic (exact) mass is 353 g/mol. The Labute approximate surface area is 147 Å². The number of nitrogens with one attached hydrogen (secondary N) is 1. The molecule has 4 nitrogen and oxygen atoms in total. The molecule has 0 radical (unpaired) electrons. The van der Waals surface area contributed by atoms with Crippen molar-refractivity contribution in [2.45, 2.75) is 52.2 Å². The molecule has 1 fully saturated rings. The lowest BCUT2D eigenvalue weighted by Crippen LogP contribution is -2.36. The van der Waals surface area contributed by atoms with E-state index in [2.05, 4.69) is 17.0 Å². The van der Waals surface area contributed by atoms with Gasteiger partial charge < -0.3 is 14.8 Å². The minimum absolute atomic E-state index is 0.0187. The molecule has 1 aliphatic carbocycles.